The van der Waals surface area contributed by atoms with E-state index in [2.05, 4.69) is 43.5 Å². The fourth-order valence-electron chi connectivity index (χ4n) is 8.96. The van der Waals surface area contributed by atoms with Gasteiger partial charge in [0.1, 0.15) is 24.4 Å². The van der Waals surface area contributed by atoms with Crippen molar-refractivity contribution >= 4 is 5.91 Å². The molecule has 1 amide bonds. The Labute approximate surface area is 406 Å². The molecule has 7 unspecified atom stereocenters. The van der Waals surface area contributed by atoms with Gasteiger partial charge in [0.25, 0.3) is 0 Å². The Hall–Kier alpha value is -1.59. The normalized spacial score (nSPS) is 20.0. The number of aliphatic hydroxyl groups is 5. The molecule has 0 aromatic rings. The molecule has 0 aliphatic carbocycles. The Bertz CT molecular complexity index is 1130. The van der Waals surface area contributed by atoms with Crippen LogP contribution in [-0.4, -0.2) is 87.5 Å². The van der Waals surface area contributed by atoms with Crippen molar-refractivity contribution in [3.63, 3.8) is 0 Å². The van der Waals surface area contributed by atoms with Crippen LogP contribution in [0.4, 0.5) is 0 Å². The van der Waals surface area contributed by atoms with Crippen LogP contribution in [0.5, 0.6) is 0 Å². The Morgan fingerprint density at radius 3 is 1.27 bits per heavy atom. The van der Waals surface area contributed by atoms with Crippen molar-refractivity contribution in [1.82, 2.24) is 5.32 Å². The van der Waals surface area contributed by atoms with Crippen molar-refractivity contribution in [2.75, 3.05) is 13.2 Å². The first-order chi connectivity index (χ1) is 32.3. The van der Waals surface area contributed by atoms with Crippen LogP contribution in [0.25, 0.3) is 0 Å². The number of aliphatic hydroxyl groups excluding tert-OH is 5. The molecular formula is C57H107NO8. The molecule has 9 heteroatoms. The number of amides is 1. The maximum Gasteiger partial charge on any atom is 0.220 e. The summed E-state index contributed by atoms with van der Waals surface area (Å²) in [6.07, 6.45) is 53.5. The van der Waals surface area contributed by atoms with Crippen LogP contribution in [0.15, 0.2) is 36.5 Å². The molecule has 0 aromatic heterocycles. The third-order valence-corrected chi connectivity index (χ3v) is 13.4. The predicted molar refractivity (Wildman–Crippen MR) is 276 cm³/mol. The summed E-state index contributed by atoms with van der Waals surface area (Å²) in [6, 6.07) is -0.826. The zero-order chi connectivity index (χ0) is 48.0. The maximum absolute atomic E-state index is 13.0. The van der Waals surface area contributed by atoms with Gasteiger partial charge < -0.3 is 40.3 Å². The quantitative estimate of drug-likeness (QED) is 0.0261. The van der Waals surface area contributed by atoms with E-state index in [-0.39, 0.29) is 12.5 Å². The topological polar surface area (TPSA) is 149 Å². The van der Waals surface area contributed by atoms with E-state index in [0.717, 1.165) is 44.9 Å². The zero-order valence-corrected chi connectivity index (χ0v) is 43.0. The summed E-state index contributed by atoms with van der Waals surface area (Å²) in [5.74, 6) is -0.187. The highest BCUT2D eigenvalue weighted by molar-refractivity contribution is 5.76. The molecule has 1 rings (SSSR count). The first kappa shape index (κ1) is 62.4. The molecule has 388 valence electrons. The van der Waals surface area contributed by atoms with E-state index in [1.165, 1.54) is 199 Å². The number of unbranched alkanes of at least 4 members (excludes halogenated alkanes) is 34. The van der Waals surface area contributed by atoms with Crippen molar-refractivity contribution in [3.8, 4) is 0 Å². The molecule has 1 aliphatic rings. The minimum absolute atomic E-state index is 0.187. The van der Waals surface area contributed by atoms with E-state index in [0.29, 0.717) is 6.42 Å². The maximum atomic E-state index is 13.0. The van der Waals surface area contributed by atoms with Gasteiger partial charge in [-0.1, -0.05) is 249 Å². The molecule has 1 aliphatic heterocycles. The van der Waals surface area contributed by atoms with Gasteiger partial charge in [-0.15, -0.1) is 0 Å². The summed E-state index contributed by atoms with van der Waals surface area (Å²) in [7, 11) is 0. The number of allylic oxidation sites excluding steroid dienone is 5. The van der Waals surface area contributed by atoms with E-state index in [4.69, 9.17) is 9.47 Å². The van der Waals surface area contributed by atoms with Crippen molar-refractivity contribution in [1.29, 1.82) is 0 Å². The molecule has 9 nitrogen and oxygen atoms in total. The second-order valence-electron chi connectivity index (χ2n) is 19.7. The number of hydrogen-bond donors (Lipinski definition) is 6. The van der Waals surface area contributed by atoms with Crippen LogP contribution < -0.4 is 5.32 Å². The second-order valence-corrected chi connectivity index (χ2v) is 19.7. The summed E-state index contributed by atoms with van der Waals surface area (Å²) in [5.41, 5.74) is 0. The lowest BCUT2D eigenvalue weighted by atomic mass is 9.99. The Morgan fingerprint density at radius 1 is 0.500 bits per heavy atom. The fraction of sp³-hybridized carbons (Fsp3) is 0.877. The van der Waals surface area contributed by atoms with E-state index in [1.807, 2.05) is 6.08 Å². The van der Waals surface area contributed by atoms with Gasteiger partial charge in [-0.2, -0.15) is 0 Å². The fourth-order valence-corrected chi connectivity index (χ4v) is 8.96. The van der Waals surface area contributed by atoms with Crippen LogP contribution in [0.1, 0.15) is 264 Å². The van der Waals surface area contributed by atoms with Crippen LogP contribution >= 0.6 is 0 Å². The molecule has 0 saturated carbocycles. The highest BCUT2D eigenvalue weighted by Crippen LogP contribution is 2.23. The summed E-state index contributed by atoms with van der Waals surface area (Å²) in [4.78, 5) is 13.0. The summed E-state index contributed by atoms with van der Waals surface area (Å²) in [5, 5.41) is 54.4. The number of rotatable bonds is 48. The third kappa shape index (κ3) is 36.4. The van der Waals surface area contributed by atoms with Crippen LogP contribution in [0, 0.1) is 0 Å². The van der Waals surface area contributed by atoms with Gasteiger partial charge in [-0.25, -0.2) is 0 Å². The lowest BCUT2D eigenvalue weighted by Crippen LogP contribution is -2.60. The van der Waals surface area contributed by atoms with Crippen molar-refractivity contribution in [2.24, 2.45) is 0 Å². The van der Waals surface area contributed by atoms with E-state index in [1.54, 1.807) is 6.08 Å². The van der Waals surface area contributed by atoms with Crippen LogP contribution in [0.3, 0.4) is 0 Å². The molecule has 0 radical (unpaired) electrons. The number of hydrogen-bond acceptors (Lipinski definition) is 8. The molecule has 0 aromatic carbocycles. The first-order valence-electron chi connectivity index (χ1n) is 28.2. The molecular weight excluding hydrogens is 827 g/mol. The second kappa shape index (κ2) is 47.1. The SMILES string of the molecule is CCCCCCCCCCCCCCCC/C=C/CC/C=C/CC/C=C/C(O)C(COC1OC(CO)C(O)C(O)C1O)NC(=O)CCCCCCCCCCCCCCCCCCCCC. The van der Waals surface area contributed by atoms with Crippen LogP contribution in [0.2, 0.25) is 0 Å². The van der Waals surface area contributed by atoms with Gasteiger partial charge in [0.2, 0.25) is 5.91 Å². The number of carbonyl (C=O) groups is 1. The molecule has 1 heterocycles. The average molecular weight is 934 g/mol. The van der Waals surface area contributed by atoms with Gasteiger partial charge in [-0.3, -0.25) is 4.79 Å². The Balaban J connectivity index is 2.28. The van der Waals surface area contributed by atoms with Gasteiger partial charge in [-0.05, 0) is 44.9 Å². The molecule has 1 saturated heterocycles. The number of nitrogens with one attached hydrogen (secondary N) is 1. The highest BCUT2D eigenvalue weighted by Gasteiger charge is 2.44. The van der Waals surface area contributed by atoms with Crippen LogP contribution in [-0.2, 0) is 14.3 Å². The largest absolute Gasteiger partial charge is 0.394 e. The predicted octanol–water partition coefficient (Wildman–Crippen LogP) is 13.6. The van der Waals surface area contributed by atoms with E-state index < -0.39 is 49.5 Å². The molecule has 0 spiro atoms. The van der Waals surface area contributed by atoms with E-state index >= 15 is 0 Å². The van der Waals surface area contributed by atoms with Gasteiger partial charge in [0, 0.05) is 6.42 Å². The minimum atomic E-state index is -1.57. The van der Waals surface area contributed by atoms with Gasteiger partial charge in [0.15, 0.2) is 6.29 Å². The molecule has 0 bridgehead atoms. The van der Waals surface area contributed by atoms with Crippen molar-refractivity contribution in [2.45, 2.75) is 307 Å². The zero-order valence-electron chi connectivity index (χ0n) is 43.0. The minimum Gasteiger partial charge on any atom is -0.394 e. The molecule has 66 heavy (non-hydrogen) atoms. The molecule has 6 N–H and O–H groups in total. The Morgan fingerprint density at radius 2 is 0.864 bits per heavy atom. The van der Waals surface area contributed by atoms with Gasteiger partial charge in [0.05, 0.1) is 25.4 Å². The lowest BCUT2D eigenvalue weighted by Gasteiger charge is -2.40. The number of ether oxygens (including phenoxy) is 2. The lowest BCUT2D eigenvalue weighted by molar-refractivity contribution is -0.302. The Kier molecular flexibility index (Phi) is 44.6. The number of carbonyl (C=O) groups excluding carboxylic acids is 1. The van der Waals surface area contributed by atoms with Crippen molar-refractivity contribution < 1.29 is 39.8 Å². The highest BCUT2D eigenvalue weighted by atomic mass is 16.7. The third-order valence-electron chi connectivity index (χ3n) is 13.4. The summed E-state index contributed by atoms with van der Waals surface area (Å²) in [6.45, 7) is 3.79. The average Bonchev–Trinajstić information content (AvgIpc) is 3.32. The summed E-state index contributed by atoms with van der Waals surface area (Å²) >= 11 is 0. The summed E-state index contributed by atoms with van der Waals surface area (Å²) < 4.78 is 11.2. The molecule has 7 atom stereocenters. The monoisotopic (exact) mass is 934 g/mol. The first-order valence-corrected chi connectivity index (χ1v) is 28.2. The molecule has 1 fully saturated rings. The van der Waals surface area contributed by atoms with Gasteiger partial charge >= 0.3 is 0 Å². The smallest absolute Gasteiger partial charge is 0.220 e. The standard InChI is InChI=1S/C57H107NO8/c1-3-5-7-9-11-13-15-17-19-21-23-24-25-26-27-29-30-32-34-36-38-40-42-44-46-51(60)50(49-65-57-56(64)55(63)54(62)52(48-59)66-57)58-53(61)47-45-43-41-39-37-35-33-31-28-22-20-18-16-14-12-10-8-6-4-2/h29-30,36,38,44,46,50-52,54-57,59-60,62-64H,3-28,31-35,37,39-43,45,47-49H2,1-2H3,(H,58,61)/b30-29+,38-36+,46-44+. The van der Waals surface area contributed by atoms with E-state index in [9.17, 15) is 30.3 Å². The van der Waals surface area contributed by atoms with Crippen molar-refractivity contribution in [3.05, 3.63) is 36.5 Å².